The molecular weight excluding hydrogens is 175 g/mol. The fraction of sp³-hybridized carbons (Fsp3) is 0.400. The lowest BCUT2D eigenvalue weighted by Gasteiger charge is -2.09. The van der Waals surface area contributed by atoms with E-state index in [1.807, 2.05) is 6.92 Å². The summed E-state index contributed by atoms with van der Waals surface area (Å²) >= 11 is 5.65. The van der Waals surface area contributed by atoms with Gasteiger partial charge in [-0.25, -0.2) is 4.39 Å². The second kappa shape index (κ2) is 3.44. The van der Waals surface area contributed by atoms with E-state index in [9.17, 15) is 4.39 Å². The van der Waals surface area contributed by atoms with Gasteiger partial charge in [0.05, 0.1) is 5.02 Å². The van der Waals surface area contributed by atoms with Gasteiger partial charge in [0.15, 0.2) is 0 Å². The van der Waals surface area contributed by atoms with E-state index in [2.05, 4.69) is 13.8 Å². The summed E-state index contributed by atoms with van der Waals surface area (Å²) in [6.07, 6.45) is 0. The zero-order valence-electron chi connectivity index (χ0n) is 7.49. The molecule has 0 N–H and O–H groups in total. The first-order chi connectivity index (χ1) is 5.52. The summed E-state index contributed by atoms with van der Waals surface area (Å²) in [5.41, 5.74) is 2.08. The van der Waals surface area contributed by atoms with Crippen LogP contribution in [0.3, 0.4) is 0 Å². The molecule has 0 heterocycles. The van der Waals surface area contributed by atoms with Gasteiger partial charge in [-0.2, -0.15) is 0 Å². The molecular formula is C10H12ClF. The van der Waals surface area contributed by atoms with Gasteiger partial charge in [0.2, 0.25) is 0 Å². The van der Waals surface area contributed by atoms with E-state index in [1.54, 1.807) is 6.07 Å². The minimum absolute atomic E-state index is 0.212. The highest BCUT2D eigenvalue weighted by molar-refractivity contribution is 6.30. The van der Waals surface area contributed by atoms with Crippen molar-refractivity contribution in [2.24, 2.45) is 0 Å². The van der Waals surface area contributed by atoms with Gasteiger partial charge in [-0.05, 0) is 36.1 Å². The number of halogens is 2. The van der Waals surface area contributed by atoms with Crippen LogP contribution in [0.5, 0.6) is 0 Å². The molecule has 1 aromatic carbocycles. The van der Waals surface area contributed by atoms with Crippen molar-refractivity contribution in [1.82, 2.24) is 0 Å². The van der Waals surface area contributed by atoms with Crippen molar-refractivity contribution in [3.8, 4) is 0 Å². The highest BCUT2D eigenvalue weighted by Crippen LogP contribution is 2.25. The molecule has 0 spiro atoms. The van der Waals surface area contributed by atoms with Crippen LogP contribution in [0.2, 0.25) is 5.02 Å². The third-order valence-electron chi connectivity index (χ3n) is 1.93. The van der Waals surface area contributed by atoms with E-state index in [-0.39, 0.29) is 10.8 Å². The van der Waals surface area contributed by atoms with E-state index in [4.69, 9.17) is 11.6 Å². The van der Waals surface area contributed by atoms with Crippen LogP contribution in [0.15, 0.2) is 12.1 Å². The quantitative estimate of drug-likeness (QED) is 0.624. The Morgan fingerprint density at radius 1 is 1.33 bits per heavy atom. The first-order valence-corrected chi connectivity index (χ1v) is 4.35. The summed E-state index contributed by atoms with van der Waals surface area (Å²) in [6, 6.07) is 3.19. The zero-order chi connectivity index (χ0) is 9.30. The Balaban J connectivity index is 3.23. The lowest BCUT2D eigenvalue weighted by atomic mass is 9.98. The number of benzene rings is 1. The van der Waals surface area contributed by atoms with Crippen LogP contribution in [0.1, 0.15) is 30.9 Å². The zero-order valence-corrected chi connectivity index (χ0v) is 8.24. The molecule has 0 atom stereocenters. The van der Waals surface area contributed by atoms with E-state index in [1.165, 1.54) is 6.07 Å². The average Bonchev–Trinajstić information content (AvgIpc) is 1.96. The van der Waals surface area contributed by atoms with Crippen molar-refractivity contribution >= 4 is 11.6 Å². The van der Waals surface area contributed by atoms with Gasteiger partial charge >= 0.3 is 0 Å². The summed E-state index contributed by atoms with van der Waals surface area (Å²) in [5.74, 6) is 0.0571. The molecule has 2 heteroatoms. The fourth-order valence-corrected chi connectivity index (χ4v) is 1.46. The van der Waals surface area contributed by atoms with E-state index in [0.717, 1.165) is 11.1 Å². The molecule has 0 aliphatic rings. The summed E-state index contributed by atoms with van der Waals surface area (Å²) in [6.45, 7) is 6.03. The van der Waals surface area contributed by atoms with E-state index in [0.29, 0.717) is 5.92 Å². The molecule has 66 valence electrons. The van der Waals surface area contributed by atoms with Crippen LogP contribution in [-0.2, 0) is 0 Å². The maximum absolute atomic E-state index is 12.9. The fourth-order valence-electron chi connectivity index (χ4n) is 1.28. The minimum Gasteiger partial charge on any atom is -0.205 e. The number of hydrogen-bond donors (Lipinski definition) is 0. The second-order valence-electron chi connectivity index (χ2n) is 3.28. The van der Waals surface area contributed by atoms with Crippen molar-refractivity contribution in [2.45, 2.75) is 26.7 Å². The van der Waals surface area contributed by atoms with Gasteiger partial charge in [-0.15, -0.1) is 0 Å². The third kappa shape index (κ3) is 1.78. The van der Waals surface area contributed by atoms with Crippen LogP contribution >= 0.6 is 11.6 Å². The van der Waals surface area contributed by atoms with Crippen LogP contribution < -0.4 is 0 Å². The van der Waals surface area contributed by atoms with Gasteiger partial charge < -0.3 is 0 Å². The Bertz CT molecular complexity index is 292. The monoisotopic (exact) mass is 186 g/mol. The normalized spacial score (nSPS) is 10.8. The average molecular weight is 187 g/mol. The molecule has 0 saturated heterocycles. The van der Waals surface area contributed by atoms with Crippen molar-refractivity contribution in [2.75, 3.05) is 0 Å². The predicted molar refractivity (Wildman–Crippen MR) is 50.2 cm³/mol. The van der Waals surface area contributed by atoms with Crippen molar-refractivity contribution in [3.05, 3.63) is 34.1 Å². The predicted octanol–water partition coefficient (Wildman–Crippen LogP) is 3.91. The third-order valence-corrected chi connectivity index (χ3v) is 2.22. The van der Waals surface area contributed by atoms with Crippen molar-refractivity contribution in [3.63, 3.8) is 0 Å². The standard InChI is InChI=1S/C10H12ClF/c1-6(2)8-5-9(11)10(12)4-7(8)3/h4-6H,1-3H3. The molecule has 0 fully saturated rings. The van der Waals surface area contributed by atoms with Gasteiger partial charge in [-0.3, -0.25) is 0 Å². The second-order valence-corrected chi connectivity index (χ2v) is 3.68. The highest BCUT2D eigenvalue weighted by Gasteiger charge is 2.07. The molecule has 0 saturated carbocycles. The smallest absolute Gasteiger partial charge is 0.142 e. The van der Waals surface area contributed by atoms with E-state index < -0.39 is 0 Å². The number of aryl methyl sites for hydroxylation is 1. The molecule has 0 unspecified atom stereocenters. The first-order valence-electron chi connectivity index (χ1n) is 3.98. The molecule has 0 aromatic heterocycles. The number of rotatable bonds is 1. The Kier molecular flexibility index (Phi) is 2.73. The summed E-state index contributed by atoms with van der Waals surface area (Å²) in [7, 11) is 0. The molecule has 0 nitrogen and oxygen atoms in total. The van der Waals surface area contributed by atoms with Crippen LogP contribution in [-0.4, -0.2) is 0 Å². The topological polar surface area (TPSA) is 0 Å². The molecule has 1 aromatic rings. The molecule has 1 rings (SSSR count). The Labute approximate surface area is 77.4 Å². The summed E-state index contributed by atoms with van der Waals surface area (Å²) < 4.78 is 12.9. The Hall–Kier alpha value is -0.560. The molecule has 0 radical (unpaired) electrons. The SMILES string of the molecule is Cc1cc(F)c(Cl)cc1C(C)C. The molecule has 0 aliphatic carbocycles. The van der Waals surface area contributed by atoms with E-state index >= 15 is 0 Å². The number of hydrogen-bond acceptors (Lipinski definition) is 0. The van der Waals surface area contributed by atoms with Crippen LogP contribution in [0.25, 0.3) is 0 Å². The molecule has 0 bridgehead atoms. The Morgan fingerprint density at radius 2 is 1.92 bits per heavy atom. The molecule has 0 amide bonds. The van der Waals surface area contributed by atoms with Gasteiger partial charge in [0.25, 0.3) is 0 Å². The minimum atomic E-state index is -0.335. The lowest BCUT2D eigenvalue weighted by Crippen LogP contribution is -1.93. The first kappa shape index (κ1) is 9.53. The summed E-state index contributed by atoms with van der Waals surface area (Å²) in [4.78, 5) is 0. The lowest BCUT2D eigenvalue weighted by molar-refractivity contribution is 0.625. The Morgan fingerprint density at radius 3 is 2.42 bits per heavy atom. The summed E-state index contributed by atoms with van der Waals surface area (Å²) in [5, 5.41) is 0.212. The van der Waals surface area contributed by atoms with Crippen LogP contribution in [0.4, 0.5) is 4.39 Å². The molecule has 12 heavy (non-hydrogen) atoms. The highest BCUT2D eigenvalue weighted by atomic mass is 35.5. The van der Waals surface area contributed by atoms with Crippen LogP contribution in [0, 0.1) is 12.7 Å². The van der Waals surface area contributed by atoms with Gasteiger partial charge in [0, 0.05) is 0 Å². The molecule has 0 aliphatic heterocycles. The van der Waals surface area contributed by atoms with Gasteiger partial charge in [0.1, 0.15) is 5.82 Å². The maximum atomic E-state index is 12.9. The largest absolute Gasteiger partial charge is 0.205 e. The van der Waals surface area contributed by atoms with Gasteiger partial charge in [-0.1, -0.05) is 25.4 Å². The maximum Gasteiger partial charge on any atom is 0.142 e. The van der Waals surface area contributed by atoms with Crippen molar-refractivity contribution in [1.29, 1.82) is 0 Å². The van der Waals surface area contributed by atoms with Crippen molar-refractivity contribution < 1.29 is 4.39 Å².